The zero-order valence-corrected chi connectivity index (χ0v) is 17.5. The molecule has 0 unspecified atom stereocenters. The van der Waals surface area contributed by atoms with E-state index < -0.39 is 0 Å². The first-order valence-electron chi connectivity index (χ1n) is 10.3. The van der Waals surface area contributed by atoms with Crippen LogP contribution in [0.3, 0.4) is 0 Å². The molecule has 0 atom stereocenters. The van der Waals surface area contributed by atoms with Crippen molar-refractivity contribution in [3.63, 3.8) is 0 Å². The number of anilines is 2. The molecule has 0 saturated carbocycles. The summed E-state index contributed by atoms with van der Waals surface area (Å²) in [5, 5.41) is 11.8. The van der Waals surface area contributed by atoms with Crippen molar-refractivity contribution in [2.24, 2.45) is 0 Å². The summed E-state index contributed by atoms with van der Waals surface area (Å²) in [7, 11) is 1.95. The molecule has 1 saturated heterocycles. The van der Waals surface area contributed by atoms with Gasteiger partial charge in [0.15, 0.2) is 0 Å². The van der Waals surface area contributed by atoms with Gasteiger partial charge in [0, 0.05) is 45.1 Å². The number of carbonyl (C=O) groups is 1. The third-order valence-corrected chi connectivity index (χ3v) is 4.98. The van der Waals surface area contributed by atoms with Gasteiger partial charge >= 0.3 is 0 Å². The quantitative estimate of drug-likeness (QED) is 0.574. The third kappa shape index (κ3) is 7.46. The molecule has 6 nitrogen and oxygen atoms in total. The van der Waals surface area contributed by atoms with Crippen LogP contribution in [0.2, 0.25) is 0 Å². The molecule has 29 heavy (non-hydrogen) atoms. The van der Waals surface area contributed by atoms with E-state index in [1.165, 1.54) is 36.9 Å². The number of rotatable bonds is 7. The SMILES string of the molecule is CCCCCc1ccc(NC)cc1.N#Cc1ccc(N2CCN(C=O)CC2)nc1. The van der Waals surface area contributed by atoms with Crippen molar-refractivity contribution in [2.75, 3.05) is 43.4 Å². The normalized spacial score (nSPS) is 13.1. The molecule has 6 heteroatoms. The van der Waals surface area contributed by atoms with Crippen molar-refractivity contribution in [2.45, 2.75) is 32.6 Å². The number of nitrogens with one attached hydrogen (secondary N) is 1. The first kappa shape index (κ1) is 22.2. The number of amides is 1. The van der Waals surface area contributed by atoms with E-state index in [9.17, 15) is 4.79 Å². The molecule has 154 valence electrons. The summed E-state index contributed by atoms with van der Waals surface area (Å²) in [6, 6.07) is 14.3. The van der Waals surface area contributed by atoms with E-state index in [0.717, 1.165) is 38.4 Å². The van der Waals surface area contributed by atoms with Crippen molar-refractivity contribution < 1.29 is 4.79 Å². The minimum Gasteiger partial charge on any atom is -0.388 e. The molecule has 1 aliphatic rings. The second-order valence-electron chi connectivity index (χ2n) is 7.05. The summed E-state index contributed by atoms with van der Waals surface area (Å²) in [6.07, 6.45) is 7.63. The van der Waals surface area contributed by atoms with Crippen LogP contribution in [0.5, 0.6) is 0 Å². The molecule has 1 aliphatic heterocycles. The Bertz CT molecular complexity index is 759. The molecule has 1 N–H and O–H groups in total. The number of hydrogen-bond donors (Lipinski definition) is 1. The van der Waals surface area contributed by atoms with Gasteiger partial charge in [0.1, 0.15) is 11.9 Å². The Morgan fingerprint density at radius 1 is 1.10 bits per heavy atom. The smallest absolute Gasteiger partial charge is 0.209 e. The van der Waals surface area contributed by atoms with Crippen molar-refractivity contribution >= 4 is 17.9 Å². The number of nitriles is 1. The Morgan fingerprint density at radius 2 is 1.83 bits per heavy atom. The van der Waals surface area contributed by atoms with E-state index in [2.05, 4.69) is 46.4 Å². The Labute approximate surface area is 174 Å². The standard InChI is InChI=1S/C12H19N.C11H12N4O/c1-3-4-5-6-11-7-9-12(13-2)10-8-11;12-7-10-1-2-11(13-8-10)15-5-3-14(9-16)4-6-15/h7-10,13H,3-6H2,1-2H3;1-2,8-9H,3-6H2. The van der Waals surface area contributed by atoms with Gasteiger partial charge < -0.3 is 15.1 Å². The van der Waals surface area contributed by atoms with Gasteiger partial charge in [0.25, 0.3) is 0 Å². The van der Waals surface area contributed by atoms with E-state index >= 15 is 0 Å². The number of benzene rings is 1. The van der Waals surface area contributed by atoms with Gasteiger partial charge in [0.05, 0.1) is 5.56 Å². The summed E-state index contributed by atoms with van der Waals surface area (Å²) >= 11 is 0. The zero-order valence-electron chi connectivity index (χ0n) is 17.5. The Kier molecular flexibility index (Phi) is 9.50. The predicted octanol–water partition coefficient (Wildman–Crippen LogP) is 3.69. The van der Waals surface area contributed by atoms with Crippen molar-refractivity contribution in [3.8, 4) is 6.07 Å². The molecular weight excluding hydrogens is 362 g/mol. The number of nitrogens with zero attached hydrogens (tertiary/aromatic N) is 4. The minimum atomic E-state index is 0.565. The fraction of sp³-hybridized carbons (Fsp3) is 0.435. The average molecular weight is 394 g/mol. The molecule has 1 aromatic heterocycles. The van der Waals surface area contributed by atoms with Gasteiger partial charge in [-0.2, -0.15) is 5.26 Å². The molecule has 0 aliphatic carbocycles. The second-order valence-corrected chi connectivity index (χ2v) is 7.05. The largest absolute Gasteiger partial charge is 0.388 e. The first-order valence-corrected chi connectivity index (χ1v) is 10.3. The van der Waals surface area contributed by atoms with Gasteiger partial charge in [-0.25, -0.2) is 4.98 Å². The topological polar surface area (TPSA) is 72.3 Å². The summed E-state index contributed by atoms with van der Waals surface area (Å²) in [5.74, 6) is 0.865. The molecular formula is C23H31N5O. The number of piperazine rings is 1. The van der Waals surface area contributed by atoms with Gasteiger partial charge in [-0.3, -0.25) is 4.79 Å². The molecule has 1 amide bonds. The fourth-order valence-corrected chi connectivity index (χ4v) is 3.11. The van der Waals surface area contributed by atoms with Crippen LogP contribution in [0.15, 0.2) is 42.6 Å². The van der Waals surface area contributed by atoms with Crippen molar-refractivity contribution in [1.82, 2.24) is 9.88 Å². The molecule has 2 heterocycles. The lowest BCUT2D eigenvalue weighted by Crippen LogP contribution is -2.46. The average Bonchev–Trinajstić information content (AvgIpc) is 2.80. The van der Waals surface area contributed by atoms with E-state index in [1.54, 1.807) is 17.2 Å². The van der Waals surface area contributed by atoms with Crippen LogP contribution in [0, 0.1) is 11.3 Å². The van der Waals surface area contributed by atoms with Gasteiger partial charge in [0.2, 0.25) is 6.41 Å². The predicted molar refractivity (Wildman–Crippen MR) is 118 cm³/mol. The Morgan fingerprint density at radius 3 is 2.34 bits per heavy atom. The lowest BCUT2D eigenvalue weighted by Gasteiger charge is -2.33. The lowest BCUT2D eigenvalue weighted by atomic mass is 10.1. The van der Waals surface area contributed by atoms with Crippen molar-refractivity contribution in [3.05, 3.63) is 53.7 Å². The lowest BCUT2D eigenvalue weighted by molar-refractivity contribution is -0.118. The highest BCUT2D eigenvalue weighted by Crippen LogP contribution is 2.13. The van der Waals surface area contributed by atoms with Crippen LogP contribution in [0.25, 0.3) is 0 Å². The first-order chi connectivity index (χ1) is 14.2. The summed E-state index contributed by atoms with van der Waals surface area (Å²) < 4.78 is 0. The van der Waals surface area contributed by atoms with Gasteiger partial charge in [-0.1, -0.05) is 31.9 Å². The molecule has 0 bridgehead atoms. The molecule has 2 aromatic rings. The number of aryl methyl sites for hydroxylation is 1. The van der Waals surface area contributed by atoms with Crippen LogP contribution in [-0.4, -0.2) is 49.5 Å². The number of aromatic nitrogens is 1. The van der Waals surface area contributed by atoms with E-state index in [4.69, 9.17) is 5.26 Å². The number of carbonyl (C=O) groups excluding carboxylic acids is 1. The highest BCUT2D eigenvalue weighted by atomic mass is 16.1. The third-order valence-electron chi connectivity index (χ3n) is 4.98. The molecule has 1 fully saturated rings. The van der Waals surface area contributed by atoms with Crippen molar-refractivity contribution in [1.29, 1.82) is 5.26 Å². The number of unbranched alkanes of at least 4 members (excludes halogenated alkanes) is 2. The number of hydrogen-bond acceptors (Lipinski definition) is 5. The molecule has 3 rings (SSSR count). The van der Waals surface area contributed by atoms with Gasteiger partial charge in [-0.15, -0.1) is 0 Å². The van der Waals surface area contributed by atoms with Crippen LogP contribution < -0.4 is 10.2 Å². The van der Waals surface area contributed by atoms with E-state index in [0.29, 0.717) is 5.56 Å². The maximum Gasteiger partial charge on any atom is 0.209 e. The fourth-order valence-electron chi connectivity index (χ4n) is 3.11. The summed E-state index contributed by atoms with van der Waals surface area (Å²) in [4.78, 5) is 18.6. The highest BCUT2D eigenvalue weighted by molar-refractivity contribution is 5.49. The Balaban J connectivity index is 0.000000212. The molecule has 1 aromatic carbocycles. The second kappa shape index (κ2) is 12.4. The highest BCUT2D eigenvalue weighted by Gasteiger charge is 2.16. The van der Waals surface area contributed by atoms with Crippen LogP contribution in [-0.2, 0) is 11.2 Å². The summed E-state index contributed by atoms with van der Waals surface area (Å²) in [6.45, 7) is 5.27. The maximum absolute atomic E-state index is 10.5. The maximum atomic E-state index is 10.5. The van der Waals surface area contributed by atoms with Crippen LogP contribution in [0.4, 0.5) is 11.5 Å². The molecule has 0 radical (unpaired) electrons. The van der Waals surface area contributed by atoms with Crippen LogP contribution >= 0.6 is 0 Å². The minimum absolute atomic E-state index is 0.565. The van der Waals surface area contributed by atoms with Crippen LogP contribution in [0.1, 0.15) is 37.3 Å². The zero-order chi connectivity index (χ0) is 20.9. The summed E-state index contributed by atoms with van der Waals surface area (Å²) in [5.41, 5.74) is 3.21. The monoisotopic (exact) mass is 393 g/mol. The van der Waals surface area contributed by atoms with E-state index in [-0.39, 0.29) is 0 Å². The Hall–Kier alpha value is -3.07. The van der Waals surface area contributed by atoms with Gasteiger partial charge in [-0.05, 0) is 42.7 Å². The number of pyridine rings is 1. The van der Waals surface area contributed by atoms with E-state index in [1.807, 2.05) is 19.2 Å². The molecule has 0 spiro atoms.